The van der Waals surface area contributed by atoms with E-state index in [9.17, 15) is 40.7 Å². The van der Waals surface area contributed by atoms with Gasteiger partial charge in [0.25, 0.3) is 11.8 Å². The Labute approximate surface area is 153 Å². The van der Waals surface area contributed by atoms with Gasteiger partial charge in [-0.1, -0.05) is 6.07 Å². The fourth-order valence-corrected chi connectivity index (χ4v) is 2.67. The first kappa shape index (κ1) is 21.3. The number of methoxy groups -OCH3 is 1. The number of nitrogens with one attached hydrogen (secondary N) is 2. The zero-order chi connectivity index (χ0) is 21.5. The molecule has 2 rings (SSSR count). The molecule has 28 heavy (non-hydrogen) atoms. The number of amides is 2. The summed E-state index contributed by atoms with van der Waals surface area (Å²) in [6.07, 6.45) is -10.4. The number of carbonyl (C=O) groups excluding carboxylic acids is 3. The summed E-state index contributed by atoms with van der Waals surface area (Å²) < 4.78 is 84.1. The molecule has 2 amide bonds. The number of allylic oxidation sites excluding steroid dienone is 1. The Kier molecular flexibility index (Phi) is 5.19. The van der Waals surface area contributed by atoms with Gasteiger partial charge in [-0.2, -0.15) is 26.3 Å². The predicted molar refractivity (Wildman–Crippen MR) is 80.6 cm³/mol. The van der Waals surface area contributed by atoms with Gasteiger partial charge in [0.05, 0.1) is 12.7 Å². The van der Waals surface area contributed by atoms with Crippen LogP contribution in [0.25, 0.3) is 0 Å². The van der Waals surface area contributed by atoms with Gasteiger partial charge in [-0.05, 0) is 25.1 Å². The van der Waals surface area contributed by atoms with Crippen LogP contribution in [-0.2, 0) is 20.5 Å². The minimum atomic E-state index is -5.50. The van der Waals surface area contributed by atoms with Gasteiger partial charge < -0.3 is 15.4 Å². The Morgan fingerprint density at radius 1 is 1.14 bits per heavy atom. The Morgan fingerprint density at radius 3 is 2.25 bits per heavy atom. The molecule has 0 unspecified atom stereocenters. The summed E-state index contributed by atoms with van der Waals surface area (Å²) in [6, 6.07) is 2.58. The van der Waals surface area contributed by atoms with Crippen molar-refractivity contribution in [2.24, 2.45) is 0 Å². The van der Waals surface area contributed by atoms with E-state index in [1.54, 1.807) is 5.32 Å². The highest BCUT2D eigenvalue weighted by Gasteiger charge is 2.69. The molecule has 0 aromatic heterocycles. The second-order valence-corrected chi connectivity index (χ2v) is 5.73. The highest BCUT2D eigenvalue weighted by atomic mass is 19.4. The summed E-state index contributed by atoms with van der Waals surface area (Å²) in [6.45, 7) is 0.980. The fourth-order valence-electron chi connectivity index (χ4n) is 2.67. The second kappa shape index (κ2) is 6.84. The van der Waals surface area contributed by atoms with Crippen LogP contribution in [0.2, 0.25) is 0 Å². The lowest BCUT2D eigenvalue weighted by molar-refractivity contribution is -0.188. The van der Waals surface area contributed by atoms with Gasteiger partial charge >= 0.3 is 18.3 Å². The molecule has 2 N–H and O–H groups in total. The van der Waals surface area contributed by atoms with Crippen LogP contribution >= 0.6 is 0 Å². The number of rotatable bonds is 3. The van der Waals surface area contributed by atoms with Crippen molar-refractivity contribution in [2.75, 3.05) is 7.11 Å². The van der Waals surface area contributed by atoms with E-state index in [-0.39, 0.29) is 0 Å². The molecule has 1 aromatic carbocycles. The van der Waals surface area contributed by atoms with E-state index in [0.717, 1.165) is 26.2 Å². The van der Waals surface area contributed by atoms with E-state index in [1.807, 2.05) is 0 Å². The Bertz CT molecular complexity index is 875. The molecule has 1 aliphatic heterocycles. The van der Waals surface area contributed by atoms with Crippen LogP contribution in [0.5, 0.6) is 0 Å². The van der Waals surface area contributed by atoms with E-state index in [4.69, 9.17) is 0 Å². The van der Waals surface area contributed by atoms with Crippen LogP contribution < -0.4 is 10.6 Å². The quantitative estimate of drug-likeness (QED) is 0.592. The van der Waals surface area contributed by atoms with Crippen molar-refractivity contribution < 1.29 is 45.5 Å². The van der Waals surface area contributed by atoms with Crippen molar-refractivity contribution in [1.29, 1.82) is 0 Å². The van der Waals surface area contributed by atoms with Gasteiger partial charge in [0.1, 0.15) is 5.57 Å². The van der Waals surface area contributed by atoms with Crippen molar-refractivity contribution >= 4 is 17.8 Å². The molecule has 12 heteroatoms. The smallest absolute Gasteiger partial charge is 0.425 e. The van der Waals surface area contributed by atoms with Crippen LogP contribution in [0.3, 0.4) is 0 Å². The highest BCUT2D eigenvalue weighted by molar-refractivity contribution is 6.11. The second-order valence-electron chi connectivity index (χ2n) is 5.73. The molecule has 0 bridgehead atoms. The first-order valence-corrected chi connectivity index (χ1v) is 7.43. The van der Waals surface area contributed by atoms with Gasteiger partial charge in [0, 0.05) is 11.3 Å². The summed E-state index contributed by atoms with van der Waals surface area (Å²) in [5.74, 6) is -4.98. The number of hydrogen-bond donors (Lipinski definition) is 2. The molecule has 1 atom stereocenters. The zero-order valence-electron chi connectivity index (χ0n) is 14.2. The third-order valence-corrected chi connectivity index (χ3v) is 3.96. The van der Waals surface area contributed by atoms with E-state index < -0.39 is 58.1 Å². The summed E-state index contributed by atoms with van der Waals surface area (Å²) >= 11 is 0. The van der Waals surface area contributed by atoms with Crippen molar-refractivity contribution in [3.05, 3.63) is 46.7 Å². The largest absolute Gasteiger partial charge is 0.466 e. The minimum absolute atomic E-state index is 0.320. The number of esters is 1. The third kappa shape index (κ3) is 3.41. The number of benzene rings is 1. The van der Waals surface area contributed by atoms with E-state index in [2.05, 4.69) is 4.74 Å². The van der Waals surface area contributed by atoms with Crippen molar-refractivity contribution in [3.8, 4) is 0 Å². The van der Waals surface area contributed by atoms with E-state index in [1.165, 1.54) is 5.32 Å². The van der Waals surface area contributed by atoms with Gasteiger partial charge in [-0.25, -0.2) is 4.79 Å². The average Bonchev–Trinajstić information content (AvgIpc) is 2.84. The first-order valence-electron chi connectivity index (χ1n) is 7.43. The molecule has 1 heterocycles. The molecule has 1 aliphatic rings. The van der Waals surface area contributed by atoms with E-state index in [0.29, 0.717) is 12.1 Å². The first-order chi connectivity index (χ1) is 12.8. The highest BCUT2D eigenvalue weighted by Crippen LogP contribution is 2.41. The van der Waals surface area contributed by atoms with Gasteiger partial charge in [-0.3, -0.25) is 9.59 Å². The van der Waals surface area contributed by atoms with Crippen LogP contribution in [0.1, 0.15) is 22.8 Å². The molecule has 1 aromatic rings. The maximum Gasteiger partial charge on any atom is 0.425 e. The maximum atomic E-state index is 13.8. The molecular formula is C16H12F6N2O4. The van der Waals surface area contributed by atoms with Crippen LogP contribution in [-0.4, -0.2) is 36.6 Å². The van der Waals surface area contributed by atoms with Crippen LogP contribution in [0, 0.1) is 0 Å². The molecule has 6 nitrogen and oxygen atoms in total. The van der Waals surface area contributed by atoms with Gasteiger partial charge in [-0.15, -0.1) is 0 Å². The standard InChI is InChI=1S/C16H12F6N2O4/c1-7-10(12(26)28-2)14(13(27)23-7,16(20,21)22)24-11(25)8-4-3-5-9(6-8)15(17,18)19/h3-6H,1-2H3,(H,23,27)(H,24,25)/t14-/m0/s1. The SMILES string of the molecule is COC(=O)C1=C(C)NC(=O)[C@]1(NC(=O)c1cccc(C(F)(F)F)c1)C(F)(F)F. The predicted octanol–water partition coefficient (Wildman–Crippen LogP) is 2.31. The minimum Gasteiger partial charge on any atom is -0.466 e. The Morgan fingerprint density at radius 2 is 1.75 bits per heavy atom. The average molecular weight is 410 g/mol. The lowest BCUT2D eigenvalue weighted by atomic mass is 9.88. The number of alkyl halides is 6. The number of halogens is 6. The number of ether oxygens (including phenoxy) is 1. The molecule has 0 saturated carbocycles. The number of hydrogen-bond acceptors (Lipinski definition) is 4. The molecule has 152 valence electrons. The maximum absolute atomic E-state index is 13.8. The Balaban J connectivity index is 2.57. The Hall–Kier alpha value is -3.05. The molecule has 0 radical (unpaired) electrons. The third-order valence-electron chi connectivity index (χ3n) is 3.96. The fraction of sp³-hybridized carbons (Fsp3) is 0.312. The lowest BCUT2D eigenvalue weighted by Gasteiger charge is -2.31. The van der Waals surface area contributed by atoms with Crippen molar-refractivity contribution in [3.63, 3.8) is 0 Å². The van der Waals surface area contributed by atoms with Crippen LogP contribution in [0.15, 0.2) is 35.5 Å². The summed E-state index contributed by atoms with van der Waals surface area (Å²) in [4.78, 5) is 36.3. The van der Waals surface area contributed by atoms with Crippen molar-refractivity contribution in [1.82, 2.24) is 10.6 Å². The summed E-state index contributed by atoms with van der Waals surface area (Å²) in [7, 11) is 0.765. The normalized spacial score (nSPS) is 20.1. The molecule has 0 saturated heterocycles. The molecule has 0 aliphatic carbocycles. The molecule has 0 spiro atoms. The topological polar surface area (TPSA) is 84.5 Å². The molecular weight excluding hydrogens is 398 g/mol. The van der Waals surface area contributed by atoms with E-state index >= 15 is 0 Å². The lowest BCUT2D eigenvalue weighted by Crippen LogP contribution is -2.66. The van der Waals surface area contributed by atoms with Crippen molar-refractivity contribution in [2.45, 2.75) is 24.8 Å². The van der Waals surface area contributed by atoms with Gasteiger partial charge in [0.2, 0.25) is 5.54 Å². The van der Waals surface area contributed by atoms with Gasteiger partial charge in [0.15, 0.2) is 0 Å². The summed E-state index contributed by atoms with van der Waals surface area (Å²) in [5, 5.41) is 3.17. The van der Waals surface area contributed by atoms with Crippen LogP contribution in [0.4, 0.5) is 26.3 Å². The zero-order valence-corrected chi connectivity index (χ0v) is 14.2. The number of carbonyl (C=O) groups is 3. The monoisotopic (exact) mass is 410 g/mol. The molecule has 0 fully saturated rings. The summed E-state index contributed by atoms with van der Waals surface area (Å²) in [5.41, 5.74) is -7.63.